The van der Waals surface area contributed by atoms with Crippen molar-refractivity contribution < 1.29 is 4.79 Å². The highest BCUT2D eigenvalue weighted by molar-refractivity contribution is 6.04. The first-order valence-corrected chi connectivity index (χ1v) is 6.82. The van der Waals surface area contributed by atoms with Gasteiger partial charge in [0.05, 0.1) is 5.52 Å². The zero-order valence-corrected chi connectivity index (χ0v) is 12.3. The van der Waals surface area contributed by atoms with E-state index >= 15 is 0 Å². The number of benzene rings is 1. The maximum atomic E-state index is 12.1. The number of fused-ring (bicyclic) bond motifs is 3. The van der Waals surface area contributed by atoms with Crippen LogP contribution in [-0.4, -0.2) is 17.0 Å². The second-order valence-electron chi connectivity index (χ2n) is 5.60. The Morgan fingerprint density at radius 3 is 2.21 bits per heavy atom. The van der Waals surface area contributed by atoms with Crippen LogP contribution in [0.15, 0.2) is 0 Å². The van der Waals surface area contributed by atoms with E-state index in [0.717, 1.165) is 24.3 Å². The lowest BCUT2D eigenvalue weighted by Gasteiger charge is -2.19. The third-order valence-electron chi connectivity index (χ3n) is 4.76. The Kier molecular flexibility index (Phi) is 2.49. The Bertz CT molecular complexity index is 723. The van der Waals surface area contributed by atoms with Gasteiger partial charge in [-0.2, -0.15) is 0 Å². The van der Waals surface area contributed by atoms with E-state index in [2.05, 4.69) is 44.5 Å². The standard InChI is InChI=1S/C16H20N2O/c1-8-9(2)11(4)14-13(10(8)3)12(5)15-16(19)17-6-7-18(14)15/h6-7H2,1-5H3,(H,17,19). The van der Waals surface area contributed by atoms with E-state index in [0.29, 0.717) is 0 Å². The number of aromatic nitrogens is 1. The molecule has 0 aliphatic carbocycles. The number of hydrogen-bond donors (Lipinski definition) is 1. The summed E-state index contributed by atoms with van der Waals surface area (Å²) < 4.78 is 2.21. The quantitative estimate of drug-likeness (QED) is 0.772. The summed E-state index contributed by atoms with van der Waals surface area (Å²) in [6, 6.07) is 0. The highest BCUT2D eigenvalue weighted by Gasteiger charge is 2.26. The minimum absolute atomic E-state index is 0.0639. The molecule has 1 aromatic heterocycles. The van der Waals surface area contributed by atoms with E-state index < -0.39 is 0 Å². The Morgan fingerprint density at radius 2 is 1.53 bits per heavy atom. The molecule has 0 fully saturated rings. The summed E-state index contributed by atoms with van der Waals surface area (Å²) in [6.07, 6.45) is 0. The molecule has 1 N–H and O–H groups in total. The number of nitrogens with one attached hydrogen (secondary N) is 1. The van der Waals surface area contributed by atoms with Crippen LogP contribution < -0.4 is 5.32 Å². The summed E-state index contributed by atoms with van der Waals surface area (Å²) >= 11 is 0. The molecule has 2 heterocycles. The average Bonchev–Trinajstić information content (AvgIpc) is 2.69. The van der Waals surface area contributed by atoms with Gasteiger partial charge in [-0.3, -0.25) is 4.79 Å². The van der Waals surface area contributed by atoms with E-state index in [9.17, 15) is 4.79 Å². The number of amides is 1. The highest BCUT2D eigenvalue weighted by Crippen LogP contribution is 2.35. The van der Waals surface area contributed by atoms with Crippen molar-refractivity contribution in [3.05, 3.63) is 33.5 Å². The predicted molar refractivity (Wildman–Crippen MR) is 78.0 cm³/mol. The SMILES string of the molecule is Cc1c(C)c(C)c2c(c1C)c(C)c1n2CCNC1=O. The van der Waals surface area contributed by atoms with Crippen LogP contribution in [0.25, 0.3) is 10.9 Å². The van der Waals surface area contributed by atoms with E-state index in [1.165, 1.54) is 33.2 Å². The minimum Gasteiger partial charge on any atom is -0.349 e. The van der Waals surface area contributed by atoms with E-state index in [-0.39, 0.29) is 5.91 Å². The van der Waals surface area contributed by atoms with Crippen molar-refractivity contribution in [2.24, 2.45) is 0 Å². The van der Waals surface area contributed by atoms with Gasteiger partial charge in [-0.1, -0.05) is 0 Å². The smallest absolute Gasteiger partial charge is 0.268 e. The van der Waals surface area contributed by atoms with Crippen LogP contribution in [0.2, 0.25) is 0 Å². The monoisotopic (exact) mass is 256 g/mol. The molecule has 0 spiro atoms. The molecule has 0 radical (unpaired) electrons. The lowest BCUT2D eigenvalue weighted by atomic mass is 9.94. The first-order valence-electron chi connectivity index (χ1n) is 6.82. The molecule has 2 aromatic rings. The maximum absolute atomic E-state index is 12.1. The number of aryl methyl sites for hydroxylation is 3. The van der Waals surface area contributed by atoms with Crippen molar-refractivity contribution in [1.82, 2.24) is 9.88 Å². The Morgan fingerprint density at radius 1 is 0.895 bits per heavy atom. The molecule has 1 aromatic carbocycles. The van der Waals surface area contributed by atoms with Gasteiger partial charge in [0.1, 0.15) is 5.69 Å². The van der Waals surface area contributed by atoms with E-state index in [1.807, 2.05) is 0 Å². The van der Waals surface area contributed by atoms with Gasteiger partial charge in [-0.25, -0.2) is 0 Å². The lowest BCUT2D eigenvalue weighted by Crippen LogP contribution is -2.35. The molecule has 1 aliphatic heterocycles. The van der Waals surface area contributed by atoms with Crippen LogP contribution in [0.4, 0.5) is 0 Å². The molecule has 3 heteroatoms. The molecule has 0 bridgehead atoms. The van der Waals surface area contributed by atoms with Gasteiger partial charge in [0, 0.05) is 18.5 Å². The van der Waals surface area contributed by atoms with Gasteiger partial charge >= 0.3 is 0 Å². The summed E-state index contributed by atoms with van der Waals surface area (Å²) in [6.45, 7) is 12.3. The number of nitrogens with zero attached hydrogens (tertiary/aromatic N) is 1. The summed E-state index contributed by atoms with van der Waals surface area (Å²) in [5.41, 5.74) is 8.52. The maximum Gasteiger partial charge on any atom is 0.268 e. The molecule has 100 valence electrons. The molecule has 0 saturated carbocycles. The second-order valence-corrected chi connectivity index (χ2v) is 5.60. The molecule has 1 amide bonds. The normalized spacial score (nSPS) is 14.7. The van der Waals surface area contributed by atoms with Gasteiger partial charge in [0.25, 0.3) is 5.91 Å². The third-order valence-corrected chi connectivity index (χ3v) is 4.76. The fourth-order valence-electron chi connectivity index (χ4n) is 3.40. The number of rotatable bonds is 0. The van der Waals surface area contributed by atoms with Crippen LogP contribution in [-0.2, 0) is 6.54 Å². The van der Waals surface area contributed by atoms with Gasteiger partial charge < -0.3 is 9.88 Å². The fourth-order valence-corrected chi connectivity index (χ4v) is 3.40. The van der Waals surface area contributed by atoms with Gasteiger partial charge in [0.2, 0.25) is 0 Å². The molecule has 0 unspecified atom stereocenters. The zero-order chi connectivity index (χ0) is 13.9. The highest BCUT2D eigenvalue weighted by atomic mass is 16.2. The molecular weight excluding hydrogens is 236 g/mol. The fraction of sp³-hybridized carbons (Fsp3) is 0.438. The molecule has 19 heavy (non-hydrogen) atoms. The van der Waals surface area contributed by atoms with Crippen molar-refractivity contribution in [2.75, 3.05) is 6.54 Å². The molecule has 0 saturated heterocycles. The van der Waals surface area contributed by atoms with Crippen LogP contribution in [0, 0.1) is 34.6 Å². The van der Waals surface area contributed by atoms with E-state index in [4.69, 9.17) is 0 Å². The van der Waals surface area contributed by atoms with Crippen LogP contribution in [0.1, 0.15) is 38.3 Å². The Hall–Kier alpha value is -1.77. The van der Waals surface area contributed by atoms with Crippen molar-refractivity contribution >= 4 is 16.8 Å². The van der Waals surface area contributed by atoms with Crippen molar-refractivity contribution in [1.29, 1.82) is 0 Å². The minimum atomic E-state index is 0.0639. The van der Waals surface area contributed by atoms with Gasteiger partial charge in [0.15, 0.2) is 0 Å². The Labute approximate surface area is 113 Å². The van der Waals surface area contributed by atoms with Crippen LogP contribution in [0.3, 0.4) is 0 Å². The van der Waals surface area contributed by atoms with Crippen LogP contribution in [0.5, 0.6) is 0 Å². The van der Waals surface area contributed by atoms with Crippen molar-refractivity contribution in [3.63, 3.8) is 0 Å². The molecule has 3 rings (SSSR count). The predicted octanol–water partition coefficient (Wildman–Crippen LogP) is 2.93. The molecule has 0 atom stereocenters. The first kappa shape index (κ1) is 12.3. The Balaban J connectivity index is 2.57. The number of carbonyl (C=O) groups is 1. The first-order chi connectivity index (χ1) is 8.95. The largest absolute Gasteiger partial charge is 0.349 e. The summed E-state index contributed by atoms with van der Waals surface area (Å²) in [4.78, 5) is 12.1. The summed E-state index contributed by atoms with van der Waals surface area (Å²) in [5, 5.41) is 4.22. The summed E-state index contributed by atoms with van der Waals surface area (Å²) in [7, 11) is 0. The summed E-state index contributed by atoms with van der Waals surface area (Å²) in [5.74, 6) is 0.0639. The van der Waals surface area contributed by atoms with E-state index in [1.54, 1.807) is 0 Å². The number of carbonyl (C=O) groups excluding carboxylic acids is 1. The molecule has 1 aliphatic rings. The lowest BCUT2D eigenvalue weighted by molar-refractivity contribution is 0.0928. The van der Waals surface area contributed by atoms with Crippen molar-refractivity contribution in [3.8, 4) is 0 Å². The number of hydrogen-bond acceptors (Lipinski definition) is 1. The molecular formula is C16H20N2O. The molecule has 3 nitrogen and oxygen atoms in total. The average molecular weight is 256 g/mol. The topological polar surface area (TPSA) is 34.0 Å². The second kappa shape index (κ2) is 3.86. The zero-order valence-electron chi connectivity index (χ0n) is 12.3. The van der Waals surface area contributed by atoms with Crippen LogP contribution >= 0.6 is 0 Å². The van der Waals surface area contributed by atoms with Gasteiger partial charge in [-0.15, -0.1) is 0 Å². The van der Waals surface area contributed by atoms with Crippen molar-refractivity contribution in [2.45, 2.75) is 41.2 Å². The van der Waals surface area contributed by atoms with Gasteiger partial charge in [-0.05, 0) is 62.4 Å². The third kappa shape index (κ3) is 1.41.